The van der Waals surface area contributed by atoms with E-state index in [1.807, 2.05) is 12.1 Å². The minimum Gasteiger partial charge on any atom is -0.399 e. The van der Waals surface area contributed by atoms with Crippen molar-refractivity contribution in [2.24, 2.45) is 0 Å². The normalized spacial score (nSPS) is 12.9. The van der Waals surface area contributed by atoms with Gasteiger partial charge in [0.05, 0.1) is 0 Å². The molecule has 2 N–H and O–H groups in total. The summed E-state index contributed by atoms with van der Waals surface area (Å²) in [6.45, 7) is 1.63. The summed E-state index contributed by atoms with van der Waals surface area (Å²) < 4.78 is 0. The summed E-state index contributed by atoms with van der Waals surface area (Å²) in [6.07, 6.45) is 0. The first-order chi connectivity index (χ1) is 5.18. The van der Waals surface area contributed by atoms with Crippen LogP contribution in [0.25, 0.3) is 0 Å². The van der Waals surface area contributed by atoms with Gasteiger partial charge >= 0.3 is 0 Å². The van der Waals surface area contributed by atoms with Gasteiger partial charge in [0.1, 0.15) is 5.44 Å². The van der Waals surface area contributed by atoms with E-state index in [9.17, 15) is 5.11 Å². The Morgan fingerprint density at radius 1 is 1.36 bits per heavy atom. The minimum atomic E-state index is -0.612. The first kappa shape index (κ1) is 8.43. The Morgan fingerprint density at radius 2 is 1.91 bits per heavy atom. The van der Waals surface area contributed by atoms with E-state index in [0.29, 0.717) is 0 Å². The van der Waals surface area contributed by atoms with Crippen LogP contribution >= 0.6 is 11.8 Å². The van der Waals surface area contributed by atoms with Crippen molar-refractivity contribution in [2.75, 3.05) is 5.73 Å². The average Bonchev–Trinajstić information content (AvgIpc) is 1.93. The van der Waals surface area contributed by atoms with E-state index in [1.165, 1.54) is 11.8 Å². The van der Waals surface area contributed by atoms with Crippen LogP contribution in [0.15, 0.2) is 29.2 Å². The first-order valence-corrected chi connectivity index (χ1v) is 4.24. The largest absolute Gasteiger partial charge is 0.399 e. The molecule has 0 bridgehead atoms. The molecule has 1 radical (unpaired) electrons. The summed E-state index contributed by atoms with van der Waals surface area (Å²) in [4.78, 5) is 0.974. The summed E-state index contributed by atoms with van der Waals surface area (Å²) in [6, 6.07) is 7.30. The second kappa shape index (κ2) is 3.64. The van der Waals surface area contributed by atoms with Gasteiger partial charge in [-0.1, -0.05) is 11.8 Å². The Kier molecular flexibility index (Phi) is 2.79. The van der Waals surface area contributed by atoms with Crippen molar-refractivity contribution < 1.29 is 5.11 Å². The standard InChI is InChI=1S/C8H10NOS/c1-6(10)11-8-4-2-7(9)3-5-8/h2-6H,9H2,1H3. The van der Waals surface area contributed by atoms with E-state index in [2.05, 4.69) is 0 Å². The van der Waals surface area contributed by atoms with Crippen molar-refractivity contribution >= 4 is 17.4 Å². The van der Waals surface area contributed by atoms with Crippen LogP contribution in [0.2, 0.25) is 0 Å². The molecule has 0 amide bonds. The zero-order chi connectivity index (χ0) is 8.27. The fraction of sp³-hybridized carbons (Fsp3) is 0.250. The summed E-state index contributed by atoms with van der Waals surface area (Å²) in [5, 5.41) is 10.7. The van der Waals surface area contributed by atoms with Gasteiger partial charge in [-0.25, -0.2) is 5.11 Å². The number of thioether (sulfide) groups is 1. The van der Waals surface area contributed by atoms with Crippen LogP contribution in [0.3, 0.4) is 0 Å². The van der Waals surface area contributed by atoms with Gasteiger partial charge in [-0.05, 0) is 31.2 Å². The summed E-state index contributed by atoms with van der Waals surface area (Å²) in [7, 11) is 0. The molecule has 59 valence electrons. The summed E-state index contributed by atoms with van der Waals surface area (Å²) in [5.41, 5.74) is 5.59. The number of anilines is 1. The van der Waals surface area contributed by atoms with Gasteiger partial charge in [0.2, 0.25) is 0 Å². The van der Waals surface area contributed by atoms with Gasteiger partial charge in [-0.3, -0.25) is 0 Å². The molecule has 0 aliphatic heterocycles. The number of benzene rings is 1. The Bertz CT molecular complexity index is 220. The Labute approximate surface area is 70.4 Å². The third kappa shape index (κ3) is 2.82. The fourth-order valence-corrected chi connectivity index (χ4v) is 1.41. The second-order valence-corrected chi connectivity index (χ2v) is 3.63. The zero-order valence-electron chi connectivity index (χ0n) is 6.28. The maximum absolute atomic E-state index is 10.7. The molecule has 1 aromatic carbocycles. The minimum absolute atomic E-state index is 0.612. The smallest absolute Gasteiger partial charge is 0.140 e. The van der Waals surface area contributed by atoms with E-state index in [4.69, 9.17) is 5.73 Å². The predicted octanol–water partition coefficient (Wildman–Crippen LogP) is 2.14. The van der Waals surface area contributed by atoms with Crippen molar-refractivity contribution in [1.82, 2.24) is 0 Å². The Hall–Kier alpha value is -0.670. The third-order valence-corrected chi connectivity index (χ3v) is 2.06. The van der Waals surface area contributed by atoms with Crippen LogP contribution in [-0.4, -0.2) is 5.44 Å². The van der Waals surface area contributed by atoms with Crippen LogP contribution in [0.5, 0.6) is 0 Å². The molecule has 1 aromatic rings. The summed E-state index contributed by atoms with van der Waals surface area (Å²) >= 11 is 1.30. The molecule has 1 atom stereocenters. The molecule has 0 heterocycles. The van der Waals surface area contributed by atoms with Crippen molar-refractivity contribution in [3.8, 4) is 0 Å². The lowest BCUT2D eigenvalue weighted by molar-refractivity contribution is 0.181. The van der Waals surface area contributed by atoms with E-state index >= 15 is 0 Å². The molecule has 0 saturated heterocycles. The van der Waals surface area contributed by atoms with Crippen LogP contribution in [-0.2, 0) is 5.11 Å². The van der Waals surface area contributed by atoms with Gasteiger partial charge < -0.3 is 5.73 Å². The monoisotopic (exact) mass is 168 g/mol. The highest BCUT2D eigenvalue weighted by atomic mass is 32.2. The van der Waals surface area contributed by atoms with Crippen molar-refractivity contribution in [2.45, 2.75) is 17.3 Å². The summed E-state index contributed by atoms with van der Waals surface area (Å²) in [5.74, 6) is 0. The second-order valence-electron chi connectivity index (χ2n) is 2.25. The third-order valence-electron chi connectivity index (χ3n) is 1.18. The van der Waals surface area contributed by atoms with Gasteiger partial charge in [0.25, 0.3) is 0 Å². The molecule has 1 rings (SSSR count). The van der Waals surface area contributed by atoms with Gasteiger partial charge in [0.15, 0.2) is 0 Å². The van der Waals surface area contributed by atoms with E-state index in [1.54, 1.807) is 19.1 Å². The maximum atomic E-state index is 10.7. The lowest BCUT2D eigenvalue weighted by atomic mass is 10.3. The van der Waals surface area contributed by atoms with Gasteiger partial charge in [0, 0.05) is 10.6 Å². The van der Waals surface area contributed by atoms with Crippen molar-refractivity contribution in [1.29, 1.82) is 0 Å². The highest BCUT2D eigenvalue weighted by molar-refractivity contribution is 7.99. The molecular formula is C8H10NOS. The molecule has 0 fully saturated rings. The number of nitrogens with two attached hydrogens (primary N) is 1. The van der Waals surface area contributed by atoms with Crippen molar-refractivity contribution in [3.05, 3.63) is 24.3 Å². The van der Waals surface area contributed by atoms with Crippen LogP contribution in [0, 0.1) is 0 Å². The molecule has 11 heavy (non-hydrogen) atoms. The molecule has 0 saturated carbocycles. The number of nitrogen functional groups attached to an aromatic ring is 1. The molecule has 0 aliphatic carbocycles. The molecule has 1 unspecified atom stereocenters. The maximum Gasteiger partial charge on any atom is 0.140 e. The lowest BCUT2D eigenvalue weighted by Gasteiger charge is -2.01. The highest BCUT2D eigenvalue weighted by Gasteiger charge is 1.99. The number of hydrogen-bond acceptors (Lipinski definition) is 2. The molecular weight excluding hydrogens is 158 g/mol. The van der Waals surface area contributed by atoms with Crippen molar-refractivity contribution in [3.63, 3.8) is 0 Å². The highest BCUT2D eigenvalue weighted by Crippen LogP contribution is 2.22. The average molecular weight is 168 g/mol. The SMILES string of the molecule is CC([O])Sc1ccc(N)cc1. The zero-order valence-corrected chi connectivity index (χ0v) is 7.10. The molecule has 0 spiro atoms. The topological polar surface area (TPSA) is 45.9 Å². The fourth-order valence-electron chi connectivity index (χ4n) is 0.738. The Morgan fingerprint density at radius 3 is 2.36 bits per heavy atom. The number of rotatable bonds is 2. The van der Waals surface area contributed by atoms with E-state index < -0.39 is 5.44 Å². The van der Waals surface area contributed by atoms with Crippen LogP contribution < -0.4 is 5.73 Å². The molecule has 2 nitrogen and oxygen atoms in total. The van der Waals surface area contributed by atoms with Crippen LogP contribution in [0.1, 0.15) is 6.92 Å². The first-order valence-electron chi connectivity index (χ1n) is 3.36. The van der Waals surface area contributed by atoms with Gasteiger partial charge in [-0.15, -0.1) is 0 Å². The van der Waals surface area contributed by atoms with Crippen LogP contribution in [0.4, 0.5) is 5.69 Å². The van der Waals surface area contributed by atoms with E-state index in [-0.39, 0.29) is 0 Å². The lowest BCUT2D eigenvalue weighted by Crippen LogP contribution is -1.89. The Balaban J connectivity index is 2.66. The molecule has 0 aliphatic rings. The van der Waals surface area contributed by atoms with Gasteiger partial charge in [-0.2, -0.15) is 0 Å². The quantitative estimate of drug-likeness (QED) is 0.418. The predicted molar refractivity (Wildman–Crippen MR) is 46.9 cm³/mol. The van der Waals surface area contributed by atoms with E-state index in [0.717, 1.165) is 10.6 Å². The molecule has 3 heteroatoms. The number of hydrogen-bond donors (Lipinski definition) is 1. The molecule has 0 aromatic heterocycles.